The summed E-state index contributed by atoms with van der Waals surface area (Å²) in [7, 11) is 1.81. The third-order valence-corrected chi connectivity index (χ3v) is 4.25. The second-order valence-electron chi connectivity index (χ2n) is 6.25. The average molecular weight is 358 g/mol. The lowest BCUT2D eigenvalue weighted by molar-refractivity contribution is 0.597. The van der Waals surface area contributed by atoms with E-state index < -0.39 is 0 Å². The zero-order valence-corrected chi connectivity index (χ0v) is 16.1. The molecule has 26 heavy (non-hydrogen) atoms. The van der Waals surface area contributed by atoms with Crippen LogP contribution in [0.1, 0.15) is 25.3 Å². The molecule has 2 rings (SSSR count). The number of likely N-dealkylation sites (N-methyl/N-ethyl adjacent to an activating group) is 1. The van der Waals surface area contributed by atoms with Crippen molar-refractivity contribution in [2.45, 2.75) is 33.2 Å². The summed E-state index contributed by atoms with van der Waals surface area (Å²) in [6.45, 7) is 8.94. The fourth-order valence-electron chi connectivity index (χ4n) is 2.79. The molecular formula is C19H31N7. The number of rotatable bonds is 10. The Labute approximate surface area is 156 Å². The molecule has 0 unspecified atom stereocenters. The first-order chi connectivity index (χ1) is 12.7. The van der Waals surface area contributed by atoms with Crippen molar-refractivity contribution in [3.8, 4) is 0 Å². The van der Waals surface area contributed by atoms with Crippen LogP contribution in [0.5, 0.6) is 0 Å². The van der Waals surface area contributed by atoms with Crippen molar-refractivity contribution in [3.05, 3.63) is 42.5 Å². The molecule has 7 nitrogen and oxygen atoms in total. The van der Waals surface area contributed by atoms with Crippen LogP contribution in [0, 0.1) is 6.92 Å². The van der Waals surface area contributed by atoms with E-state index in [4.69, 9.17) is 0 Å². The van der Waals surface area contributed by atoms with Crippen molar-refractivity contribution < 1.29 is 0 Å². The van der Waals surface area contributed by atoms with Gasteiger partial charge in [-0.05, 0) is 44.4 Å². The SMILES string of the molecule is CCN(CCNC(=NC)NCCCCn1cnnc1)c1cccc(C)c1. The molecule has 0 aliphatic carbocycles. The molecule has 0 radical (unpaired) electrons. The predicted octanol–water partition coefficient (Wildman–Crippen LogP) is 2.06. The Hall–Kier alpha value is -2.57. The third-order valence-electron chi connectivity index (χ3n) is 4.25. The van der Waals surface area contributed by atoms with E-state index >= 15 is 0 Å². The highest BCUT2D eigenvalue weighted by atomic mass is 15.2. The van der Waals surface area contributed by atoms with Gasteiger partial charge in [-0.3, -0.25) is 4.99 Å². The van der Waals surface area contributed by atoms with Gasteiger partial charge in [0, 0.05) is 45.5 Å². The van der Waals surface area contributed by atoms with Crippen LogP contribution in [0.2, 0.25) is 0 Å². The summed E-state index contributed by atoms with van der Waals surface area (Å²) in [5.74, 6) is 0.856. The number of hydrogen-bond donors (Lipinski definition) is 2. The molecule has 0 atom stereocenters. The second kappa shape index (κ2) is 11.1. The van der Waals surface area contributed by atoms with E-state index in [9.17, 15) is 0 Å². The zero-order chi connectivity index (χ0) is 18.6. The summed E-state index contributed by atoms with van der Waals surface area (Å²) >= 11 is 0. The van der Waals surface area contributed by atoms with Crippen LogP contribution < -0.4 is 15.5 Å². The Bertz CT molecular complexity index is 652. The maximum Gasteiger partial charge on any atom is 0.191 e. The molecule has 0 spiro atoms. The minimum atomic E-state index is 0.849. The Morgan fingerprint density at radius 2 is 1.92 bits per heavy atom. The summed E-state index contributed by atoms with van der Waals surface area (Å²) in [5.41, 5.74) is 2.56. The number of unbranched alkanes of at least 4 members (excludes halogenated alkanes) is 1. The van der Waals surface area contributed by atoms with Gasteiger partial charge < -0.3 is 20.1 Å². The van der Waals surface area contributed by atoms with Gasteiger partial charge in [0.15, 0.2) is 5.96 Å². The normalized spacial score (nSPS) is 11.4. The van der Waals surface area contributed by atoms with Gasteiger partial charge in [-0.15, -0.1) is 10.2 Å². The molecule has 0 aliphatic rings. The number of hydrogen-bond acceptors (Lipinski definition) is 4. The topological polar surface area (TPSA) is 70.4 Å². The summed E-state index contributed by atoms with van der Waals surface area (Å²) in [6.07, 6.45) is 5.66. The molecule has 1 aromatic heterocycles. The van der Waals surface area contributed by atoms with Crippen LogP contribution in [-0.4, -0.2) is 54.0 Å². The molecule has 1 aromatic carbocycles. The lowest BCUT2D eigenvalue weighted by atomic mass is 10.2. The van der Waals surface area contributed by atoms with Crippen LogP contribution in [0.25, 0.3) is 0 Å². The lowest BCUT2D eigenvalue weighted by Crippen LogP contribution is -2.42. The summed E-state index contributed by atoms with van der Waals surface area (Å²) in [6, 6.07) is 8.64. The summed E-state index contributed by atoms with van der Waals surface area (Å²) in [5, 5.41) is 14.4. The Morgan fingerprint density at radius 1 is 1.15 bits per heavy atom. The van der Waals surface area contributed by atoms with Crippen molar-refractivity contribution >= 4 is 11.6 Å². The molecule has 142 valence electrons. The minimum Gasteiger partial charge on any atom is -0.370 e. The maximum absolute atomic E-state index is 4.30. The molecule has 0 saturated heterocycles. The largest absolute Gasteiger partial charge is 0.370 e. The Morgan fingerprint density at radius 3 is 2.62 bits per heavy atom. The first-order valence-electron chi connectivity index (χ1n) is 9.31. The third kappa shape index (κ3) is 6.74. The number of benzene rings is 1. The van der Waals surface area contributed by atoms with E-state index in [1.165, 1.54) is 11.3 Å². The number of nitrogens with zero attached hydrogens (tertiary/aromatic N) is 5. The Balaban J connectivity index is 1.64. The van der Waals surface area contributed by atoms with Gasteiger partial charge in [0.2, 0.25) is 0 Å². The van der Waals surface area contributed by atoms with Gasteiger partial charge in [0.25, 0.3) is 0 Å². The summed E-state index contributed by atoms with van der Waals surface area (Å²) < 4.78 is 2.00. The standard InChI is InChI=1S/C19H31N7/c1-4-26(18-9-7-8-17(2)14-18)13-11-22-19(20-3)21-10-5-6-12-25-15-23-24-16-25/h7-9,14-16H,4-6,10-13H2,1-3H3,(H2,20,21,22). The van der Waals surface area contributed by atoms with E-state index in [1.807, 2.05) is 11.6 Å². The number of aromatic nitrogens is 3. The predicted molar refractivity (Wildman–Crippen MR) is 108 cm³/mol. The highest BCUT2D eigenvalue weighted by Gasteiger charge is 2.05. The molecule has 0 amide bonds. The molecule has 0 bridgehead atoms. The van der Waals surface area contributed by atoms with Crippen LogP contribution in [0.3, 0.4) is 0 Å². The number of guanidine groups is 1. The fraction of sp³-hybridized carbons (Fsp3) is 0.526. The smallest absolute Gasteiger partial charge is 0.191 e. The quantitative estimate of drug-likeness (QED) is 0.387. The van der Waals surface area contributed by atoms with E-state index in [0.717, 1.165) is 51.5 Å². The van der Waals surface area contributed by atoms with Gasteiger partial charge in [0.05, 0.1) is 0 Å². The fourth-order valence-corrected chi connectivity index (χ4v) is 2.79. The van der Waals surface area contributed by atoms with Gasteiger partial charge in [0.1, 0.15) is 12.7 Å². The monoisotopic (exact) mass is 357 g/mol. The highest BCUT2D eigenvalue weighted by Crippen LogP contribution is 2.14. The molecule has 0 saturated carbocycles. The molecule has 0 aliphatic heterocycles. The van der Waals surface area contributed by atoms with Crippen LogP contribution in [0.4, 0.5) is 5.69 Å². The van der Waals surface area contributed by atoms with Crippen molar-refractivity contribution in [2.75, 3.05) is 38.1 Å². The maximum atomic E-state index is 4.30. The van der Waals surface area contributed by atoms with Crippen LogP contribution >= 0.6 is 0 Å². The first-order valence-corrected chi connectivity index (χ1v) is 9.31. The molecule has 2 N–H and O–H groups in total. The zero-order valence-electron chi connectivity index (χ0n) is 16.1. The average Bonchev–Trinajstić information content (AvgIpc) is 3.16. The van der Waals surface area contributed by atoms with E-state index in [1.54, 1.807) is 12.7 Å². The minimum absolute atomic E-state index is 0.849. The number of aryl methyl sites for hydroxylation is 2. The summed E-state index contributed by atoms with van der Waals surface area (Å²) in [4.78, 5) is 6.66. The number of aliphatic imine (C=N–C) groups is 1. The molecule has 1 heterocycles. The van der Waals surface area contributed by atoms with Crippen molar-refractivity contribution in [2.24, 2.45) is 4.99 Å². The number of anilines is 1. The van der Waals surface area contributed by atoms with E-state index in [0.29, 0.717) is 0 Å². The van der Waals surface area contributed by atoms with Crippen LogP contribution in [0.15, 0.2) is 41.9 Å². The van der Waals surface area contributed by atoms with Crippen LogP contribution in [-0.2, 0) is 6.54 Å². The van der Waals surface area contributed by atoms with Crippen molar-refractivity contribution in [3.63, 3.8) is 0 Å². The van der Waals surface area contributed by atoms with Gasteiger partial charge in [-0.25, -0.2) is 0 Å². The van der Waals surface area contributed by atoms with Gasteiger partial charge in [-0.1, -0.05) is 12.1 Å². The lowest BCUT2D eigenvalue weighted by Gasteiger charge is -2.24. The molecular weight excluding hydrogens is 326 g/mol. The molecule has 2 aromatic rings. The van der Waals surface area contributed by atoms with Gasteiger partial charge in [-0.2, -0.15) is 0 Å². The molecule has 0 fully saturated rings. The highest BCUT2D eigenvalue weighted by molar-refractivity contribution is 5.79. The van der Waals surface area contributed by atoms with Crippen molar-refractivity contribution in [1.29, 1.82) is 0 Å². The van der Waals surface area contributed by atoms with Crippen molar-refractivity contribution in [1.82, 2.24) is 25.4 Å². The first kappa shape index (κ1) is 19.8. The Kier molecular flexibility index (Phi) is 8.45. The number of nitrogens with one attached hydrogen (secondary N) is 2. The second-order valence-corrected chi connectivity index (χ2v) is 6.25. The van der Waals surface area contributed by atoms with E-state index in [2.05, 4.69) is 68.8 Å². The van der Waals surface area contributed by atoms with E-state index in [-0.39, 0.29) is 0 Å². The van der Waals surface area contributed by atoms with Gasteiger partial charge >= 0.3 is 0 Å². The molecule has 7 heteroatoms.